The van der Waals surface area contributed by atoms with Gasteiger partial charge >= 0.3 is 6.18 Å². The lowest BCUT2D eigenvalue weighted by Crippen LogP contribution is -2.25. The minimum absolute atomic E-state index is 0.00480. The lowest BCUT2D eigenvalue weighted by Gasteiger charge is -2.09. The first-order valence-electron chi connectivity index (χ1n) is 6.23. The van der Waals surface area contributed by atoms with Crippen LogP contribution in [0.3, 0.4) is 0 Å². The number of hydrogen-bond acceptors (Lipinski definition) is 3. The van der Waals surface area contributed by atoms with Gasteiger partial charge in [-0.05, 0) is 43.5 Å². The Morgan fingerprint density at radius 1 is 1.29 bits per heavy atom. The van der Waals surface area contributed by atoms with Crippen LogP contribution in [0, 0.1) is 18.3 Å². The van der Waals surface area contributed by atoms with Crippen LogP contribution in [0.15, 0.2) is 23.1 Å². The van der Waals surface area contributed by atoms with Gasteiger partial charge in [-0.1, -0.05) is 0 Å². The lowest BCUT2D eigenvalue weighted by molar-refractivity contribution is -0.135. The summed E-state index contributed by atoms with van der Waals surface area (Å²) in [7, 11) is -3.76. The van der Waals surface area contributed by atoms with Crippen molar-refractivity contribution in [3.05, 3.63) is 29.3 Å². The maximum Gasteiger partial charge on any atom is 0.389 e. The fourth-order valence-corrected chi connectivity index (χ4v) is 2.83. The molecule has 0 aromatic heterocycles. The Morgan fingerprint density at radius 2 is 1.95 bits per heavy atom. The zero-order chi connectivity index (χ0) is 16.1. The standard InChI is InChI=1S/C13H15F3N2O2S/c1-10-8-12(5-4-11(10)9-17)21(19,20)18-7-3-2-6-13(14,15)16/h4-5,8,18H,2-3,6-7H2,1H3. The van der Waals surface area contributed by atoms with Gasteiger partial charge in [-0.2, -0.15) is 18.4 Å². The Morgan fingerprint density at radius 3 is 2.48 bits per heavy atom. The minimum atomic E-state index is -4.22. The van der Waals surface area contributed by atoms with Crippen molar-refractivity contribution >= 4 is 10.0 Å². The second-order valence-corrected chi connectivity index (χ2v) is 6.33. The molecule has 0 unspecified atom stereocenters. The largest absolute Gasteiger partial charge is 0.389 e. The van der Waals surface area contributed by atoms with E-state index in [1.54, 1.807) is 6.92 Å². The van der Waals surface area contributed by atoms with E-state index in [1.807, 2.05) is 6.07 Å². The summed E-state index contributed by atoms with van der Waals surface area (Å²) in [5, 5.41) is 8.77. The molecule has 0 aliphatic rings. The average Bonchev–Trinajstić information content (AvgIpc) is 2.36. The van der Waals surface area contributed by atoms with E-state index in [1.165, 1.54) is 18.2 Å². The summed E-state index contributed by atoms with van der Waals surface area (Å²) in [5.41, 5.74) is 0.900. The summed E-state index contributed by atoms with van der Waals surface area (Å²) in [4.78, 5) is -0.00480. The molecule has 0 heterocycles. The molecule has 0 saturated carbocycles. The van der Waals surface area contributed by atoms with Crippen molar-refractivity contribution in [2.45, 2.75) is 37.3 Å². The van der Waals surface area contributed by atoms with E-state index in [-0.39, 0.29) is 24.3 Å². The summed E-state index contributed by atoms with van der Waals surface area (Å²) < 4.78 is 61.9. The molecule has 0 aliphatic heterocycles. The smallest absolute Gasteiger partial charge is 0.211 e. The molecule has 0 aliphatic carbocycles. The molecule has 0 radical (unpaired) electrons. The van der Waals surface area contributed by atoms with Gasteiger partial charge in [-0.3, -0.25) is 0 Å². The van der Waals surface area contributed by atoms with Gasteiger partial charge in [-0.25, -0.2) is 13.1 Å². The van der Waals surface area contributed by atoms with Gasteiger partial charge < -0.3 is 0 Å². The second kappa shape index (κ2) is 6.91. The van der Waals surface area contributed by atoms with Gasteiger partial charge in [-0.15, -0.1) is 0 Å². The number of nitrogens with zero attached hydrogens (tertiary/aromatic N) is 1. The third-order valence-corrected chi connectivity index (χ3v) is 4.27. The molecular formula is C13H15F3N2O2S. The van der Waals surface area contributed by atoms with Crippen LogP contribution in [0.4, 0.5) is 13.2 Å². The van der Waals surface area contributed by atoms with Crippen LogP contribution in [0.1, 0.15) is 30.4 Å². The van der Waals surface area contributed by atoms with Crippen molar-refractivity contribution in [1.82, 2.24) is 4.72 Å². The Hall–Kier alpha value is -1.59. The molecule has 1 aromatic rings. The van der Waals surface area contributed by atoms with E-state index in [0.717, 1.165) is 0 Å². The lowest BCUT2D eigenvalue weighted by atomic mass is 10.1. The SMILES string of the molecule is Cc1cc(S(=O)(=O)NCCCCC(F)(F)F)ccc1C#N. The van der Waals surface area contributed by atoms with Crippen LogP contribution in [0.25, 0.3) is 0 Å². The number of nitrogens with one attached hydrogen (secondary N) is 1. The normalized spacial score (nSPS) is 12.1. The molecule has 8 heteroatoms. The van der Waals surface area contributed by atoms with Gasteiger partial charge in [0, 0.05) is 13.0 Å². The number of benzene rings is 1. The summed E-state index contributed by atoms with van der Waals surface area (Å²) in [5.74, 6) is 0. The molecule has 4 nitrogen and oxygen atoms in total. The maximum absolute atomic E-state index is 11.9. The Balaban J connectivity index is 2.58. The first kappa shape index (κ1) is 17.5. The molecule has 1 N–H and O–H groups in total. The monoisotopic (exact) mass is 320 g/mol. The zero-order valence-electron chi connectivity index (χ0n) is 11.4. The van der Waals surface area contributed by atoms with Gasteiger partial charge in [0.15, 0.2) is 0 Å². The Bertz CT molecular complexity index is 634. The van der Waals surface area contributed by atoms with Crippen molar-refractivity contribution in [1.29, 1.82) is 5.26 Å². The third-order valence-electron chi connectivity index (χ3n) is 2.81. The minimum Gasteiger partial charge on any atom is -0.211 e. The number of alkyl halides is 3. The van der Waals surface area contributed by atoms with Crippen molar-refractivity contribution in [3.63, 3.8) is 0 Å². The summed E-state index contributed by atoms with van der Waals surface area (Å²) in [6.07, 6.45) is -5.17. The van der Waals surface area contributed by atoms with Crippen LogP contribution >= 0.6 is 0 Å². The molecule has 116 valence electrons. The van der Waals surface area contributed by atoms with E-state index in [4.69, 9.17) is 5.26 Å². The topological polar surface area (TPSA) is 70.0 Å². The van der Waals surface area contributed by atoms with Crippen LogP contribution in [0.5, 0.6) is 0 Å². The summed E-state index contributed by atoms with van der Waals surface area (Å²) >= 11 is 0. The zero-order valence-corrected chi connectivity index (χ0v) is 12.2. The van der Waals surface area contributed by atoms with E-state index >= 15 is 0 Å². The summed E-state index contributed by atoms with van der Waals surface area (Å²) in [6.45, 7) is 1.55. The van der Waals surface area contributed by atoms with Crippen molar-refractivity contribution in [2.24, 2.45) is 0 Å². The van der Waals surface area contributed by atoms with E-state index in [0.29, 0.717) is 11.1 Å². The number of rotatable bonds is 6. The van der Waals surface area contributed by atoms with Crippen LogP contribution in [-0.2, 0) is 10.0 Å². The highest BCUT2D eigenvalue weighted by atomic mass is 32.2. The van der Waals surface area contributed by atoms with Gasteiger partial charge in [0.05, 0.1) is 16.5 Å². The van der Waals surface area contributed by atoms with E-state index < -0.39 is 22.6 Å². The molecule has 0 spiro atoms. The molecule has 0 saturated heterocycles. The average molecular weight is 320 g/mol. The molecule has 0 atom stereocenters. The highest BCUT2D eigenvalue weighted by Gasteiger charge is 2.26. The second-order valence-electron chi connectivity index (χ2n) is 4.56. The van der Waals surface area contributed by atoms with Crippen molar-refractivity contribution in [3.8, 4) is 6.07 Å². The van der Waals surface area contributed by atoms with Crippen LogP contribution < -0.4 is 4.72 Å². The fourth-order valence-electron chi connectivity index (χ4n) is 1.67. The number of nitriles is 1. The number of halogens is 3. The van der Waals surface area contributed by atoms with Crippen molar-refractivity contribution in [2.75, 3.05) is 6.54 Å². The molecule has 1 rings (SSSR count). The van der Waals surface area contributed by atoms with Gasteiger partial charge in [0.2, 0.25) is 10.0 Å². The number of aryl methyl sites for hydroxylation is 1. The van der Waals surface area contributed by atoms with Gasteiger partial charge in [0.25, 0.3) is 0 Å². The van der Waals surface area contributed by atoms with Crippen molar-refractivity contribution < 1.29 is 21.6 Å². The maximum atomic E-state index is 11.9. The Labute approximate surface area is 121 Å². The number of hydrogen-bond donors (Lipinski definition) is 1. The number of sulfonamides is 1. The Kier molecular flexibility index (Phi) is 5.75. The van der Waals surface area contributed by atoms with Crippen LogP contribution in [-0.4, -0.2) is 21.1 Å². The molecule has 0 amide bonds. The molecule has 0 bridgehead atoms. The first-order valence-corrected chi connectivity index (χ1v) is 7.71. The third kappa shape index (κ3) is 5.73. The van der Waals surface area contributed by atoms with E-state index in [9.17, 15) is 21.6 Å². The predicted octanol–water partition coefficient (Wildman–Crippen LogP) is 2.88. The quantitative estimate of drug-likeness (QED) is 0.819. The fraction of sp³-hybridized carbons (Fsp3) is 0.462. The molecule has 21 heavy (non-hydrogen) atoms. The van der Waals surface area contributed by atoms with Gasteiger partial charge in [0.1, 0.15) is 0 Å². The van der Waals surface area contributed by atoms with E-state index in [2.05, 4.69) is 4.72 Å². The number of unbranched alkanes of at least 4 members (excludes halogenated alkanes) is 1. The first-order chi connectivity index (χ1) is 9.65. The predicted molar refractivity (Wildman–Crippen MR) is 71.0 cm³/mol. The molecule has 0 fully saturated rings. The van der Waals surface area contributed by atoms with Crippen LogP contribution in [0.2, 0.25) is 0 Å². The molecular weight excluding hydrogens is 305 g/mol. The highest BCUT2D eigenvalue weighted by molar-refractivity contribution is 7.89. The summed E-state index contributed by atoms with van der Waals surface area (Å²) in [6, 6.07) is 5.98. The molecule has 1 aromatic carbocycles. The highest BCUT2D eigenvalue weighted by Crippen LogP contribution is 2.22.